The summed E-state index contributed by atoms with van der Waals surface area (Å²) < 4.78 is 5.26. The molecule has 2 amide bonds. The van der Waals surface area contributed by atoms with Gasteiger partial charge in [-0.3, -0.25) is 9.59 Å². The molecule has 1 N–H and O–H groups in total. The molecule has 1 atom stereocenters. The molecule has 0 saturated carbocycles. The monoisotopic (exact) mass is 394 g/mol. The maximum absolute atomic E-state index is 13.0. The van der Waals surface area contributed by atoms with Gasteiger partial charge in [-0.1, -0.05) is 56.3 Å². The topological polar surface area (TPSA) is 58.6 Å². The van der Waals surface area contributed by atoms with Gasteiger partial charge in [0.15, 0.2) is 0 Å². The van der Waals surface area contributed by atoms with Crippen molar-refractivity contribution in [1.29, 1.82) is 0 Å². The van der Waals surface area contributed by atoms with Crippen LogP contribution in [0.5, 0.6) is 5.75 Å². The van der Waals surface area contributed by atoms with Gasteiger partial charge in [-0.15, -0.1) is 0 Å². The van der Waals surface area contributed by atoms with Crippen molar-refractivity contribution >= 4 is 11.8 Å². The maximum Gasteiger partial charge on any atom is 0.225 e. The lowest BCUT2D eigenvalue weighted by atomic mass is 9.93. The number of amides is 2. The molecule has 0 aliphatic carbocycles. The van der Waals surface area contributed by atoms with Crippen LogP contribution in [0.4, 0.5) is 0 Å². The second kappa shape index (κ2) is 9.59. The van der Waals surface area contributed by atoms with E-state index in [1.165, 1.54) is 0 Å². The molecule has 1 aliphatic rings. The van der Waals surface area contributed by atoms with E-state index in [1.54, 1.807) is 7.11 Å². The molecule has 0 radical (unpaired) electrons. The number of likely N-dealkylation sites (tertiary alicyclic amines) is 1. The molecule has 0 bridgehead atoms. The van der Waals surface area contributed by atoms with Crippen LogP contribution in [0, 0.1) is 11.8 Å². The minimum atomic E-state index is -0.218. The number of carbonyl (C=O) groups is 2. The normalized spacial score (nSPS) is 15.8. The van der Waals surface area contributed by atoms with Crippen molar-refractivity contribution in [3.63, 3.8) is 0 Å². The summed E-state index contributed by atoms with van der Waals surface area (Å²) in [5.41, 5.74) is 2.05. The Labute approximate surface area is 173 Å². The molecule has 29 heavy (non-hydrogen) atoms. The van der Waals surface area contributed by atoms with Crippen LogP contribution in [-0.4, -0.2) is 36.9 Å². The number of hydrogen-bond acceptors (Lipinski definition) is 3. The van der Waals surface area contributed by atoms with E-state index in [9.17, 15) is 9.59 Å². The minimum absolute atomic E-state index is 0.00194. The quantitative estimate of drug-likeness (QED) is 0.811. The summed E-state index contributed by atoms with van der Waals surface area (Å²) in [5, 5.41) is 3.24. The molecule has 1 heterocycles. The molecule has 5 nitrogen and oxygen atoms in total. The van der Waals surface area contributed by atoms with Crippen molar-refractivity contribution in [3.05, 3.63) is 65.7 Å². The SMILES string of the molecule is COc1ccc(C(NC(=O)C2CCN(C(=O)C(C)C)CC2)c2ccccc2)cc1. The molecule has 2 aromatic carbocycles. The Hall–Kier alpha value is -2.82. The summed E-state index contributed by atoms with van der Waals surface area (Å²) in [6.07, 6.45) is 1.41. The zero-order chi connectivity index (χ0) is 20.8. The first-order chi connectivity index (χ1) is 14.0. The highest BCUT2D eigenvalue weighted by Gasteiger charge is 2.29. The molecule has 1 unspecified atom stereocenters. The van der Waals surface area contributed by atoms with Crippen LogP contribution in [0.25, 0.3) is 0 Å². The van der Waals surface area contributed by atoms with Crippen molar-refractivity contribution in [2.75, 3.05) is 20.2 Å². The molecule has 154 valence electrons. The summed E-state index contributed by atoms with van der Waals surface area (Å²) in [6.45, 7) is 5.13. The molecule has 0 spiro atoms. The van der Waals surface area contributed by atoms with Gasteiger partial charge < -0.3 is 15.0 Å². The third-order valence-electron chi connectivity index (χ3n) is 5.54. The van der Waals surface area contributed by atoms with E-state index in [0.29, 0.717) is 25.9 Å². The van der Waals surface area contributed by atoms with E-state index in [4.69, 9.17) is 4.74 Å². The minimum Gasteiger partial charge on any atom is -0.497 e. The highest BCUT2D eigenvalue weighted by Crippen LogP contribution is 2.26. The Kier molecular flexibility index (Phi) is 6.91. The number of rotatable bonds is 6. The van der Waals surface area contributed by atoms with Crippen LogP contribution in [0.2, 0.25) is 0 Å². The van der Waals surface area contributed by atoms with E-state index >= 15 is 0 Å². The van der Waals surface area contributed by atoms with E-state index < -0.39 is 0 Å². The number of benzene rings is 2. The van der Waals surface area contributed by atoms with E-state index in [0.717, 1.165) is 16.9 Å². The molecular formula is C24H30N2O3. The van der Waals surface area contributed by atoms with Crippen molar-refractivity contribution < 1.29 is 14.3 Å². The predicted octanol–water partition coefficient (Wildman–Crippen LogP) is 3.80. The Balaban J connectivity index is 1.71. The number of nitrogens with one attached hydrogen (secondary N) is 1. The predicted molar refractivity (Wildman–Crippen MR) is 114 cm³/mol. The Morgan fingerprint density at radius 3 is 2.10 bits per heavy atom. The number of hydrogen-bond donors (Lipinski definition) is 1. The first-order valence-electron chi connectivity index (χ1n) is 10.3. The third-order valence-corrected chi connectivity index (χ3v) is 5.54. The summed E-state index contributed by atoms with van der Waals surface area (Å²) in [7, 11) is 1.64. The van der Waals surface area contributed by atoms with Crippen molar-refractivity contribution in [1.82, 2.24) is 10.2 Å². The number of nitrogens with zero attached hydrogens (tertiary/aromatic N) is 1. The van der Waals surface area contributed by atoms with Gasteiger partial charge in [0.25, 0.3) is 0 Å². The average Bonchev–Trinajstić information content (AvgIpc) is 2.77. The van der Waals surface area contributed by atoms with Gasteiger partial charge in [-0.2, -0.15) is 0 Å². The maximum atomic E-state index is 13.0. The fourth-order valence-corrected chi connectivity index (χ4v) is 3.79. The molecule has 1 fully saturated rings. The fourth-order valence-electron chi connectivity index (χ4n) is 3.79. The lowest BCUT2D eigenvalue weighted by molar-refractivity contribution is -0.138. The zero-order valence-corrected chi connectivity index (χ0v) is 17.4. The average molecular weight is 395 g/mol. The van der Waals surface area contributed by atoms with Crippen molar-refractivity contribution in [3.8, 4) is 5.75 Å². The van der Waals surface area contributed by atoms with Crippen LogP contribution < -0.4 is 10.1 Å². The summed E-state index contributed by atoms with van der Waals surface area (Å²) >= 11 is 0. The Bertz CT molecular complexity index is 810. The molecule has 3 rings (SSSR count). The van der Waals surface area contributed by atoms with Crippen molar-refractivity contribution in [2.45, 2.75) is 32.7 Å². The summed E-state index contributed by atoms with van der Waals surface area (Å²) in [5.74, 6) is 0.929. The van der Waals surface area contributed by atoms with E-state index in [1.807, 2.05) is 73.3 Å². The van der Waals surface area contributed by atoms with Gasteiger partial charge in [-0.25, -0.2) is 0 Å². The molecule has 5 heteroatoms. The van der Waals surface area contributed by atoms with E-state index in [2.05, 4.69) is 5.32 Å². The first kappa shape index (κ1) is 20.9. The van der Waals surface area contributed by atoms with Gasteiger partial charge in [-0.05, 0) is 36.1 Å². The van der Waals surface area contributed by atoms with Gasteiger partial charge in [0, 0.05) is 24.9 Å². The summed E-state index contributed by atoms with van der Waals surface area (Å²) in [6, 6.07) is 17.6. The van der Waals surface area contributed by atoms with Gasteiger partial charge >= 0.3 is 0 Å². The lowest BCUT2D eigenvalue weighted by Gasteiger charge is -2.33. The summed E-state index contributed by atoms with van der Waals surface area (Å²) in [4.78, 5) is 27.1. The highest BCUT2D eigenvalue weighted by molar-refractivity contribution is 5.81. The number of piperidine rings is 1. The lowest BCUT2D eigenvalue weighted by Crippen LogP contribution is -2.45. The van der Waals surface area contributed by atoms with Crippen LogP contribution in [0.3, 0.4) is 0 Å². The molecule has 1 aliphatic heterocycles. The van der Waals surface area contributed by atoms with Crippen LogP contribution in [0.15, 0.2) is 54.6 Å². The number of ether oxygens (including phenoxy) is 1. The zero-order valence-electron chi connectivity index (χ0n) is 17.4. The number of methoxy groups -OCH3 is 1. The second-order valence-electron chi connectivity index (χ2n) is 7.88. The molecule has 1 saturated heterocycles. The van der Waals surface area contributed by atoms with Crippen LogP contribution in [-0.2, 0) is 9.59 Å². The highest BCUT2D eigenvalue weighted by atomic mass is 16.5. The molecule has 2 aromatic rings. The smallest absolute Gasteiger partial charge is 0.225 e. The third kappa shape index (κ3) is 5.17. The standard InChI is InChI=1S/C24H30N2O3/c1-17(2)24(28)26-15-13-20(14-16-26)23(27)25-22(18-7-5-4-6-8-18)19-9-11-21(29-3)12-10-19/h4-12,17,20,22H,13-16H2,1-3H3,(H,25,27). The van der Waals surface area contributed by atoms with Crippen LogP contribution >= 0.6 is 0 Å². The van der Waals surface area contributed by atoms with Crippen molar-refractivity contribution in [2.24, 2.45) is 11.8 Å². The van der Waals surface area contributed by atoms with Gasteiger partial charge in [0.05, 0.1) is 13.2 Å². The first-order valence-corrected chi connectivity index (χ1v) is 10.3. The Morgan fingerprint density at radius 2 is 1.55 bits per heavy atom. The fraction of sp³-hybridized carbons (Fsp3) is 0.417. The Morgan fingerprint density at radius 1 is 0.966 bits per heavy atom. The van der Waals surface area contributed by atoms with E-state index in [-0.39, 0.29) is 29.7 Å². The second-order valence-corrected chi connectivity index (χ2v) is 7.88. The number of carbonyl (C=O) groups excluding carboxylic acids is 2. The largest absolute Gasteiger partial charge is 0.497 e. The molecular weight excluding hydrogens is 364 g/mol. The molecule has 0 aromatic heterocycles. The van der Waals surface area contributed by atoms with Gasteiger partial charge in [0.2, 0.25) is 11.8 Å². The van der Waals surface area contributed by atoms with Crippen LogP contribution in [0.1, 0.15) is 43.9 Å². The van der Waals surface area contributed by atoms with Gasteiger partial charge in [0.1, 0.15) is 5.75 Å².